The van der Waals surface area contributed by atoms with Crippen LogP contribution in [-0.2, 0) is 9.47 Å². The lowest BCUT2D eigenvalue weighted by molar-refractivity contribution is -0.241. The minimum absolute atomic E-state index is 0.381. The van der Waals surface area contributed by atoms with Crippen LogP contribution in [0.15, 0.2) is 0 Å². The van der Waals surface area contributed by atoms with E-state index >= 15 is 0 Å². The highest BCUT2D eigenvalue weighted by Crippen LogP contribution is 2.22. The normalized spacial score (nSPS) is 30.5. The van der Waals surface area contributed by atoms with Crippen LogP contribution < -0.4 is 0 Å². The number of hydrogen-bond acceptors (Lipinski definition) is 2. The maximum atomic E-state index is 11.7. The van der Waals surface area contributed by atoms with Gasteiger partial charge in [-0.2, -0.15) is 13.2 Å². The van der Waals surface area contributed by atoms with Crippen molar-refractivity contribution in [3.05, 3.63) is 0 Å². The van der Waals surface area contributed by atoms with E-state index in [1.165, 1.54) is 0 Å². The van der Waals surface area contributed by atoms with Crippen LogP contribution >= 0.6 is 0 Å². The molecule has 1 fully saturated rings. The zero-order valence-corrected chi connectivity index (χ0v) is 7.43. The monoisotopic (exact) mass is 198 g/mol. The molecule has 1 rings (SSSR count). The Labute approximate surface area is 75.0 Å². The van der Waals surface area contributed by atoms with Gasteiger partial charge in [-0.1, -0.05) is 6.92 Å². The van der Waals surface area contributed by atoms with Gasteiger partial charge in [-0.25, -0.2) is 0 Å². The van der Waals surface area contributed by atoms with Gasteiger partial charge >= 0.3 is 6.18 Å². The lowest BCUT2D eigenvalue weighted by Crippen LogP contribution is -2.30. The van der Waals surface area contributed by atoms with Crippen LogP contribution in [0.25, 0.3) is 0 Å². The molecule has 1 heterocycles. The third-order valence-electron chi connectivity index (χ3n) is 1.94. The molecule has 1 aliphatic rings. The summed E-state index contributed by atoms with van der Waals surface area (Å²) in [5.74, 6) is 0.381. The van der Waals surface area contributed by atoms with Crippen LogP contribution in [0.1, 0.15) is 19.8 Å². The quantitative estimate of drug-likeness (QED) is 0.678. The summed E-state index contributed by atoms with van der Waals surface area (Å²) < 4.78 is 44.8. The fourth-order valence-electron chi connectivity index (χ4n) is 1.22. The molecule has 0 saturated carbocycles. The smallest absolute Gasteiger partial charge is 0.353 e. The molecule has 0 N–H and O–H groups in total. The number of halogens is 3. The zero-order chi connectivity index (χ0) is 9.90. The first kappa shape index (κ1) is 10.8. The Morgan fingerprint density at radius 3 is 2.69 bits per heavy atom. The number of ether oxygens (including phenoxy) is 2. The number of hydrogen-bond donors (Lipinski definition) is 0. The van der Waals surface area contributed by atoms with Gasteiger partial charge < -0.3 is 9.47 Å². The van der Waals surface area contributed by atoms with Crippen LogP contribution in [0.4, 0.5) is 13.2 Å². The first-order valence-electron chi connectivity index (χ1n) is 4.27. The first-order chi connectivity index (χ1) is 5.97. The van der Waals surface area contributed by atoms with Crippen molar-refractivity contribution in [1.82, 2.24) is 0 Å². The highest BCUT2D eigenvalue weighted by molar-refractivity contribution is 4.62. The molecule has 0 aromatic carbocycles. The fourth-order valence-corrected chi connectivity index (χ4v) is 1.22. The van der Waals surface area contributed by atoms with Gasteiger partial charge in [0.15, 0.2) is 6.29 Å². The number of rotatable bonds is 2. The highest BCUT2D eigenvalue weighted by atomic mass is 19.4. The summed E-state index contributed by atoms with van der Waals surface area (Å²) in [4.78, 5) is 0. The molecule has 0 spiro atoms. The zero-order valence-electron chi connectivity index (χ0n) is 7.43. The van der Waals surface area contributed by atoms with Gasteiger partial charge in [0.2, 0.25) is 0 Å². The van der Waals surface area contributed by atoms with E-state index in [0.29, 0.717) is 18.9 Å². The molecule has 2 nitrogen and oxygen atoms in total. The van der Waals surface area contributed by atoms with E-state index in [-0.39, 0.29) is 0 Å². The molecule has 0 aromatic rings. The summed E-state index contributed by atoms with van der Waals surface area (Å²) >= 11 is 0. The minimum atomic E-state index is -4.26. The third kappa shape index (κ3) is 4.47. The molecule has 5 heteroatoms. The van der Waals surface area contributed by atoms with E-state index < -0.39 is 19.1 Å². The van der Waals surface area contributed by atoms with Crippen LogP contribution in [0, 0.1) is 5.92 Å². The van der Waals surface area contributed by atoms with Crippen LogP contribution in [0.2, 0.25) is 0 Å². The van der Waals surface area contributed by atoms with E-state index in [0.717, 1.165) is 6.42 Å². The lowest BCUT2D eigenvalue weighted by Gasteiger charge is -2.27. The molecule has 0 radical (unpaired) electrons. The van der Waals surface area contributed by atoms with Gasteiger partial charge in [0, 0.05) is 13.0 Å². The Morgan fingerprint density at radius 2 is 2.15 bits per heavy atom. The standard InChI is InChI=1S/C8H13F3O2/c1-6-2-3-12-7(4-6)13-5-8(9,10)11/h6-7H,2-5H2,1H3/t6-,7+/m1/s1. The van der Waals surface area contributed by atoms with Gasteiger partial charge in [0.05, 0.1) is 0 Å². The van der Waals surface area contributed by atoms with Crippen molar-refractivity contribution in [3.8, 4) is 0 Å². The Bertz CT molecular complexity index is 158. The SMILES string of the molecule is C[C@@H]1CCO[C@@H](OCC(F)(F)F)C1. The Kier molecular flexibility index (Phi) is 3.55. The second-order valence-corrected chi connectivity index (χ2v) is 3.36. The minimum Gasteiger partial charge on any atom is -0.353 e. The maximum Gasteiger partial charge on any atom is 0.411 e. The molecular formula is C8H13F3O2. The van der Waals surface area contributed by atoms with Gasteiger partial charge in [0.1, 0.15) is 6.61 Å². The molecule has 0 amide bonds. The lowest BCUT2D eigenvalue weighted by atomic mass is 10.0. The largest absolute Gasteiger partial charge is 0.411 e. The molecule has 0 bridgehead atoms. The van der Waals surface area contributed by atoms with Gasteiger partial charge in [-0.15, -0.1) is 0 Å². The summed E-state index contributed by atoms with van der Waals surface area (Å²) in [6, 6.07) is 0. The summed E-state index contributed by atoms with van der Waals surface area (Å²) in [5, 5.41) is 0. The molecule has 78 valence electrons. The average Bonchev–Trinajstić information content (AvgIpc) is 2.00. The molecule has 13 heavy (non-hydrogen) atoms. The van der Waals surface area contributed by atoms with E-state index in [1.807, 2.05) is 6.92 Å². The van der Waals surface area contributed by atoms with E-state index in [1.54, 1.807) is 0 Å². The van der Waals surface area contributed by atoms with Gasteiger partial charge in [-0.05, 0) is 12.3 Å². The van der Waals surface area contributed by atoms with E-state index in [2.05, 4.69) is 4.74 Å². The molecular weight excluding hydrogens is 185 g/mol. The van der Waals surface area contributed by atoms with Crippen LogP contribution in [0.5, 0.6) is 0 Å². The fraction of sp³-hybridized carbons (Fsp3) is 1.00. The molecule has 0 aromatic heterocycles. The third-order valence-corrected chi connectivity index (χ3v) is 1.94. The second-order valence-electron chi connectivity index (χ2n) is 3.36. The second kappa shape index (κ2) is 4.28. The number of alkyl halides is 3. The Morgan fingerprint density at radius 1 is 1.46 bits per heavy atom. The summed E-state index contributed by atoms with van der Waals surface area (Å²) in [7, 11) is 0. The van der Waals surface area contributed by atoms with Crippen molar-refractivity contribution >= 4 is 0 Å². The summed E-state index contributed by atoms with van der Waals surface area (Å²) in [6.45, 7) is 1.25. The molecule has 0 aliphatic carbocycles. The highest BCUT2D eigenvalue weighted by Gasteiger charge is 2.30. The van der Waals surface area contributed by atoms with Crippen molar-refractivity contribution in [3.63, 3.8) is 0 Å². The summed E-state index contributed by atoms with van der Waals surface area (Å²) in [5.41, 5.74) is 0. The Hall–Kier alpha value is -0.290. The van der Waals surface area contributed by atoms with E-state index in [4.69, 9.17) is 4.74 Å². The van der Waals surface area contributed by atoms with E-state index in [9.17, 15) is 13.2 Å². The van der Waals surface area contributed by atoms with Crippen LogP contribution in [-0.4, -0.2) is 25.7 Å². The van der Waals surface area contributed by atoms with Crippen LogP contribution in [0.3, 0.4) is 0 Å². The van der Waals surface area contributed by atoms with Crippen molar-refractivity contribution in [2.24, 2.45) is 5.92 Å². The predicted octanol–water partition coefficient (Wildman–Crippen LogP) is 2.34. The molecule has 0 unspecified atom stereocenters. The molecule has 1 aliphatic heterocycles. The maximum absolute atomic E-state index is 11.7. The topological polar surface area (TPSA) is 18.5 Å². The molecule has 1 saturated heterocycles. The van der Waals surface area contributed by atoms with Crippen molar-refractivity contribution < 1.29 is 22.6 Å². The van der Waals surface area contributed by atoms with Crippen molar-refractivity contribution in [1.29, 1.82) is 0 Å². The van der Waals surface area contributed by atoms with Crippen molar-refractivity contribution in [2.45, 2.75) is 32.2 Å². The van der Waals surface area contributed by atoms with Gasteiger partial charge in [0.25, 0.3) is 0 Å². The predicted molar refractivity (Wildman–Crippen MR) is 40.1 cm³/mol. The molecule has 2 atom stereocenters. The van der Waals surface area contributed by atoms with Crippen molar-refractivity contribution in [2.75, 3.05) is 13.2 Å². The average molecular weight is 198 g/mol. The van der Waals surface area contributed by atoms with Gasteiger partial charge in [-0.3, -0.25) is 0 Å². The summed E-state index contributed by atoms with van der Waals surface area (Å²) in [6.07, 6.45) is -3.49. The Balaban J connectivity index is 2.21. The first-order valence-corrected chi connectivity index (χ1v) is 4.27.